The lowest BCUT2D eigenvalue weighted by molar-refractivity contribution is 0.0332. The van der Waals surface area contributed by atoms with Gasteiger partial charge in [-0.15, -0.1) is 11.3 Å². The molecule has 1 saturated heterocycles. The zero-order valence-corrected chi connectivity index (χ0v) is 19.4. The second kappa shape index (κ2) is 10.7. The van der Waals surface area contributed by atoms with Crippen LogP contribution in [0.1, 0.15) is 38.2 Å². The van der Waals surface area contributed by atoms with Crippen LogP contribution in [0.25, 0.3) is 0 Å². The molecule has 0 bridgehead atoms. The van der Waals surface area contributed by atoms with Gasteiger partial charge in [-0.2, -0.15) is 0 Å². The number of nitrogens with zero attached hydrogens (tertiary/aromatic N) is 2. The number of hydrogen-bond donors (Lipinski definition) is 1. The summed E-state index contributed by atoms with van der Waals surface area (Å²) in [5.41, 5.74) is 3.84. The molecular weight excluding hydrogens is 422 g/mol. The topological polar surface area (TPSA) is 63.7 Å². The van der Waals surface area contributed by atoms with E-state index in [2.05, 4.69) is 46.4 Å². The molecule has 0 unspecified atom stereocenters. The van der Waals surface area contributed by atoms with E-state index in [1.165, 1.54) is 5.56 Å². The van der Waals surface area contributed by atoms with E-state index in [-0.39, 0.29) is 11.9 Å². The summed E-state index contributed by atoms with van der Waals surface area (Å²) in [7, 11) is 0. The fourth-order valence-electron chi connectivity index (χ4n) is 3.65. The molecule has 168 valence electrons. The maximum atomic E-state index is 13.0. The standard InChI is InChI=1S/C25H29N3O3S/c1-18-3-5-20(6-4-18)24(15-28-11-13-30-14-12-28)27-25(29)21-7-9-23(10-8-21)31-16-22-17-32-19(2)26-22/h3-10,17,24H,11-16H2,1-2H3,(H,27,29)/t24-/m0/s1. The minimum absolute atomic E-state index is 0.0921. The van der Waals surface area contributed by atoms with Crippen LogP contribution in [0.5, 0.6) is 5.75 Å². The lowest BCUT2D eigenvalue weighted by atomic mass is 10.0. The molecule has 3 aromatic rings. The van der Waals surface area contributed by atoms with Crippen LogP contribution in [-0.2, 0) is 11.3 Å². The molecule has 7 heteroatoms. The molecule has 1 fully saturated rings. The Hall–Kier alpha value is -2.74. The molecule has 1 aliphatic heterocycles. The summed E-state index contributed by atoms with van der Waals surface area (Å²) < 4.78 is 11.3. The van der Waals surface area contributed by atoms with E-state index in [1.807, 2.05) is 24.4 Å². The average Bonchev–Trinajstić information content (AvgIpc) is 3.24. The number of aryl methyl sites for hydroxylation is 2. The number of aromatic nitrogens is 1. The number of nitrogens with one attached hydrogen (secondary N) is 1. The van der Waals surface area contributed by atoms with Gasteiger partial charge in [-0.25, -0.2) is 4.98 Å². The first-order valence-corrected chi connectivity index (χ1v) is 11.8. The zero-order chi connectivity index (χ0) is 22.3. The van der Waals surface area contributed by atoms with E-state index >= 15 is 0 Å². The quantitative estimate of drug-likeness (QED) is 0.558. The van der Waals surface area contributed by atoms with Crippen LogP contribution in [0.2, 0.25) is 0 Å². The van der Waals surface area contributed by atoms with Crippen molar-refractivity contribution in [2.24, 2.45) is 0 Å². The van der Waals surface area contributed by atoms with Crippen molar-refractivity contribution in [1.82, 2.24) is 15.2 Å². The monoisotopic (exact) mass is 451 g/mol. The molecule has 0 saturated carbocycles. The van der Waals surface area contributed by atoms with Crippen LogP contribution in [0.15, 0.2) is 53.9 Å². The third-order valence-corrected chi connectivity index (χ3v) is 6.32. The van der Waals surface area contributed by atoms with Crippen molar-refractivity contribution in [3.63, 3.8) is 0 Å². The first kappa shape index (κ1) is 22.5. The smallest absolute Gasteiger partial charge is 0.251 e. The predicted molar refractivity (Wildman–Crippen MR) is 126 cm³/mol. The van der Waals surface area contributed by atoms with Gasteiger partial charge in [0.1, 0.15) is 12.4 Å². The summed E-state index contributed by atoms with van der Waals surface area (Å²) in [6, 6.07) is 15.5. The first-order chi connectivity index (χ1) is 15.6. The largest absolute Gasteiger partial charge is 0.487 e. The van der Waals surface area contributed by atoms with E-state index in [1.54, 1.807) is 23.5 Å². The number of morpholine rings is 1. The molecule has 1 amide bonds. The normalized spacial score (nSPS) is 15.3. The Kier molecular flexibility index (Phi) is 7.52. The van der Waals surface area contributed by atoms with E-state index in [4.69, 9.17) is 9.47 Å². The molecular formula is C25H29N3O3S. The van der Waals surface area contributed by atoms with Crippen molar-refractivity contribution in [3.8, 4) is 5.75 Å². The molecule has 4 rings (SSSR count). The number of rotatable bonds is 8. The number of amides is 1. The lowest BCUT2D eigenvalue weighted by Gasteiger charge is -2.31. The van der Waals surface area contributed by atoms with Gasteiger partial charge >= 0.3 is 0 Å². The van der Waals surface area contributed by atoms with Crippen LogP contribution in [0, 0.1) is 13.8 Å². The first-order valence-electron chi connectivity index (χ1n) is 10.9. The Morgan fingerprint density at radius 2 is 1.84 bits per heavy atom. The number of hydrogen-bond acceptors (Lipinski definition) is 6. The summed E-state index contributed by atoms with van der Waals surface area (Å²) in [6.07, 6.45) is 0. The zero-order valence-electron chi connectivity index (χ0n) is 18.5. The minimum Gasteiger partial charge on any atom is -0.487 e. The van der Waals surface area contributed by atoms with Gasteiger partial charge in [-0.1, -0.05) is 29.8 Å². The maximum absolute atomic E-state index is 13.0. The van der Waals surface area contributed by atoms with Gasteiger partial charge in [0.2, 0.25) is 0 Å². The highest BCUT2D eigenvalue weighted by Gasteiger charge is 2.21. The molecule has 0 aliphatic carbocycles. The van der Waals surface area contributed by atoms with E-state index in [9.17, 15) is 4.79 Å². The van der Waals surface area contributed by atoms with Gasteiger partial charge in [0.15, 0.2) is 0 Å². The second-order valence-electron chi connectivity index (χ2n) is 8.02. The van der Waals surface area contributed by atoms with Gasteiger partial charge in [-0.05, 0) is 43.7 Å². The molecule has 6 nitrogen and oxygen atoms in total. The van der Waals surface area contributed by atoms with Crippen molar-refractivity contribution in [2.45, 2.75) is 26.5 Å². The third-order valence-electron chi connectivity index (χ3n) is 5.50. The Bertz CT molecular complexity index is 1010. The van der Waals surface area contributed by atoms with E-state index in [0.717, 1.165) is 54.9 Å². The van der Waals surface area contributed by atoms with Gasteiger partial charge in [0, 0.05) is 30.6 Å². The van der Waals surface area contributed by atoms with Crippen molar-refractivity contribution in [3.05, 3.63) is 81.3 Å². The van der Waals surface area contributed by atoms with Crippen molar-refractivity contribution >= 4 is 17.2 Å². The van der Waals surface area contributed by atoms with Crippen LogP contribution in [0.4, 0.5) is 0 Å². The van der Waals surface area contributed by atoms with Crippen LogP contribution in [0.3, 0.4) is 0 Å². The number of ether oxygens (including phenoxy) is 2. The Balaban J connectivity index is 1.40. The summed E-state index contributed by atoms with van der Waals surface area (Å²) in [5, 5.41) is 6.25. The average molecular weight is 452 g/mol. The fourth-order valence-corrected chi connectivity index (χ4v) is 4.25. The highest BCUT2D eigenvalue weighted by molar-refractivity contribution is 7.09. The molecule has 1 atom stereocenters. The second-order valence-corrected chi connectivity index (χ2v) is 9.08. The van der Waals surface area contributed by atoms with Crippen LogP contribution < -0.4 is 10.1 Å². The summed E-state index contributed by atoms with van der Waals surface area (Å²) in [4.78, 5) is 19.8. The molecule has 0 radical (unpaired) electrons. The number of benzene rings is 2. The highest BCUT2D eigenvalue weighted by Crippen LogP contribution is 2.19. The summed E-state index contributed by atoms with van der Waals surface area (Å²) in [5.74, 6) is 0.626. The lowest BCUT2D eigenvalue weighted by Crippen LogP contribution is -2.43. The van der Waals surface area contributed by atoms with Crippen molar-refractivity contribution in [2.75, 3.05) is 32.8 Å². The van der Waals surface area contributed by atoms with E-state index in [0.29, 0.717) is 12.2 Å². The summed E-state index contributed by atoms with van der Waals surface area (Å²) in [6.45, 7) is 8.44. The van der Waals surface area contributed by atoms with Crippen molar-refractivity contribution in [1.29, 1.82) is 0 Å². The van der Waals surface area contributed by atoms with Crippen LogP contribution in [-0.4, -0.2) is 48.6 Å². The minimum atomic E-state index is -0.0926. The van der Waals surface area contributed by atoms with Gasteiger partial charge in [0.25, 0.3) is 5.91 Å². The fraction of sp³-hybridized carbons (Fsp3) is 0.360. The maximum Gasteiger partial charge on any atom is 0.251 e. The molecule has 2 heterocycles. The summed E-state index contributed by atoms with van der Waals surface area (Å²) >= 11 is 1.61. The highest BCUT2D eigenvalue weighted by atomic mass is 32.1. The SMILES string of the molecule is Cc1ccc([C@H](CN2CCOCC2)NC(=O)c2ccc(OCc3csc(C)n3)cc2)cc1. The molecule has 1 aliphatic rings. The number of carbonyl (C=O) groups is 1. The Morgan fingerprint density at radius 1 is 1.12 bits per heavy atom. The molecule has 1 aromatic heterocycles. The Labute approximate surface area is 193 Å². The van der Waals surface area contributed by atoms with Gasteiger partial charge in [-0.3, -0.25) is 9.69 Å². The molecule has 32 heavy (non-hydrogen) atoms. The van der Waals surface area contributed by atoms with Gasteiger partial charge < -0.3 is 14.8 Å². The predicted octanol–water partition coefficient (Wildman–Crippen LogP) is 4.14. The molecule has 1 N–H and O–H groups in total. The number of carbonyl (C=O) groups excluding carboxylic acids is 1. The third kappa shape index (κ3) is 6.16. The molecule has 2 aromatic carbocycles. The van der Waals surface area contributed by atoms with Crippen LogP contribution >= 0.6 is 11.3 Å². The van der Waals surface area contributed by atoms with E-state index < -0.39 is 0 Å². The van der Waals surface area contributed by atoms with Gasteiger partial charge in [0.05, 0.1) is 30.0 Å². The number of thiazole rings is 1. The molecule has 0 spiro atoms. The Morgan fingerprint density at radius 3 is 2.50 bits per heavy atom. The van der Waals surface area contributed by atoms with Crippen molar-refractivity contribution < 1.29 is 14.3 Å².